The van der Waals surface area contributed by atoms with E-state index in [9.17, 15) is 18.1 Å². The van der Waals surface area contributed by atoms with Gasteiger partial charge in [-0.15, -0.1) is 0 Å². The average Bonchev–Trinajstić information content (AvgIpc) is 2.40. The second kappa shape index (κ2) is 14.1. The van der Waals surface area contributed by atoms with E-state index in [4.69, 9.17) is 4.74 Å². The van der Waals surface area contributed by atoms with E-state index < -0.39 is 10.4 Å². The number of nitrogens with zero attached hydrogens (tertiary/aromatic N) is 1. The first kappa shape index (κ1) is 25.0. The lowest BCUT2D eigenvalue weighted by Crippen LogP contribution is -2.43. The first-order valence-electron chi connectivity index (χ1n) is 8.09. The molecule has 0 saturated heterocycles. The molecule has 0 aliphatic rings. The average molecular weight is 358 g/mol. The quantitative estimate of drug-likeness (QED) is 0.246. The highest BCUT2D eigenvalue weighted by Crippen LogP contribution is 2.05. The van der Waals surface area contributed by atoms with Crippen LogP contribution in [0, 0.1) is 0 Å². The van der Waals surface area contributed by atoms with Gasteiger partial charge in [-0.1, -0.05) is 39.0 Å². The van der Waals surface area contributed by atoms with Gasteiger partial charge in [-0.2, -0.15) is 0 Å². The zero-order valence-electron chi connectivity index (χ0n) is 15.3. The Morgan fingerprint density at radius 3 is 2.00 bits per heavy atom. The number of aliphatic hydroxyl groups excluding tert-OH is 1. The van der Waals surface area contributed by atoms with Gasteiger partial charge in [0.15, 0.2) is 0 Å². The van der Waals surface area contributed by atoms with Gasteiger partial charge in [0, 0.05) is 6.61 Å². The van der Waals surface area contributed by atoms with Crippen LogP contribution in [0.1, 0.15) is 45.4 Å². The minimum atomic E-state index is -4.41. The van der Waals surface area contributed by atoms with Gasteiger partial charge in [0.25, 0.3) is 0 Å². The fourth-order valence-electron chi connectivity index (χ4n) is 1.89. The Bertz CT molecular complexity index is 353. The number of aliphatic hydroxyl groups is 1. The molecule has 1 unspecified atom stereocenters. The van der Waals surface area contributed by atoms with Crippen LogP contribution >= 0.6 is 0 Å². The summed E-state index contributed by atoms with van der Waals surface area (Å²) in [6.45, 7) is 4.25. The highest BCUT2D eigenvalue weighted by Gasteiger charge is 2.14. The molecule has 1 atom stereocenters. The predicted octanol–water partition coefficient (Wildman–Crippen LogP) is 1.52. The maximum absolute atomic E-state index is 9.72. The molecule has 0 radical (unpaired) electrons. The van der Waals surface area contributed by atoms with Crippen molar-refractivity contribution in [2.24, 2.45) is 0 Å². The van der Waals surface area contributed by atoms with Crippen molar-refractivity contribution in [1.29, 1.82) is 0 Å². The van der Waals surface area contributed by atoms with E-state index in [1.165, 1.54) is 32.1 Å². The summed E-state index contributed by atoms with van der Waals surface area (Å²) in [5.41, 5.74) is 0. The fraction of sp³-hybridized carbons (Fsp3) is 1.00. The summed E-state index contributed by atoms with van der Waals surface area (Å²) in [5, 5.41) is 9.72. The maximum atomic E-state index is 9.72. The smallest absolute Gasteiger partial charge is 0.217 e. The van der Waals surface area contributed by atoms with Crippen molar-refractivity contribution < 1.29 is 31.5 Å². The molecule has 7 nitrogen and oxygen atoms in total. The van der Waals surface area contributed by atoms with Crippen molar-refractivity contribution in [3.8, 4) is 0 Å². The Kier molecular flexibility index (Phi) is 15.3. The van der Waals surface area contributed by atoms with Crippen LogP contribution in [-0.2, 0) is 19.3 Å². The van der Waals surface area contributed by atoms with Gasteiger partial charge in [0.1, 0.15) is 12.6 Å². The Morgan fingerprint density at radius 2 is 1.57 bits per heavy atom. The molecule has 0 aromatic carbocycles. The molecule has 0 amide bonds. The topological polar surface area (TPSA) is 95.9 Å². The molecule has 142 valence electrons. The van der Waals surface area contributed by atoms with Crippen LogP contribution in [0.4, 0.5) is 0 Å². The monoisotopic (exact) mass is 357 g/mol. The van der Waals surface area contributed by atoms with Gasteiger partial charge in [0.05, 0.1) is 34.9 Å². The molecule has 0 aliphatic carbocycles. The lowest BCUT2D eigenvalue weighted by atomic mass is 10.1. The molecule has 0 spiro atoms. The summed E-state index contributed by atoms with van der Waals surface area (Å²) in [7, 11) is 2.64. The molecule has 23 heavy (non-hydrogen) atoms. The van der Waals surface area contributed by atoms with E-state index in [1.54, 1.807) is 0 Å². The number of quaternary nitrogens is 1. The van der Waals surface area contributed by atoms with E-state index in [1.807, 2.05) is 0 Å². The zero-order valence-corrected chi connectivity index (χ0v) is 16.1. The molecule has 0 bridgehead atoms. The predicted molar refractivity (Wildman–Crippen MR) is 89.8 cm³/mol. The summed E-state index contributed by atoms with van der Waals surface area (Å²) in [6, 6.07) is 0. The molecule has 0 saturated carbocycles. The third-order valence-electron chi connectivity index (χ3n) is 2.92. The van der Waals surface area contributed by atoms with Crippen LogP contribution in [0.25, 0.3) is 0 Å². The third-order valence-corrected chi connectivity index (χ3v) is 3.32. The fourth-order valence-corrected chi connectivity index (χ4v) is 1.89. The number of rotatable bonds is 12. The van der Waals surface area contributed by atoms with Gasteiger partial charge in [-0.3, -0.25) is 4.18 Å². The van der Waals surface area contributed by atoms with E-state index in [0.29, 0.717) is 6.61 Å². The van der Waals surface area contributed by atoms with E-state index in [2.05, 4.69) is 32.2 Å². The van der Waals surface area contributed by atoms with Gasteiger partial charge in [-0.25, -0.2) is 8.42 Å². The lowest BCUT2D eigenvalue weighted by Gasteiger charge is -2.26. The van der Waals surface area contributed by atoms with Crippen molar-refractivity contribution in [3.05, 3.63) is 0 Å². The zero-order chi connectivity index (χ0) is 18.4. The summed E-state index contributed by atoms with van der Waals surface area (Å²) in [6.07, 6.45) is 7.36. The normalized spacial score (nSPS) is 13.3. The molecule has 0 rings (SSSR count). The second-order valence-electron chi connectivity index (χ2n) is 6.54. The Labute approximate surface area is 142 Å². The van der Waals surface area contributed by atoms with Gasteiger partial charge in [0.2, 0.25) is 10.4 Å². The Balaban J connectivity index is 0. The van der Waals surface area contributed by atoms with Crippen molar-refractivity contribution in [2.45, 2.75) is 51.6 Å². The SMILES string of the molecule is CCCCCCCCOCC(O)C[N+](C)(C)C.COS(=O)(=O)[O-]. The van der Waals surface area contributed by atoms with Gasteiger partial charge < -0.3 is 18.9 Å². The highest BCUT2D eigenvalue weighted by atomic mass is 32.3. The second-order valence-corrected chi connectivity index (χ2v) is 7.69. The number of likely N-dealkylation sites (N-methyl/N-ethyl adjacent to an activating group) is 1. The Hall–Kier alpha value is -0.250. The van der Waals surface area contributed by atoms with Crippen LogP contribution in [0.15, 0.2) is 0 Å². The molecular weight excluding hydrogens is 322 g/mol. The van der Waals surface area contributed by atoms with E-state index in [0.717, 1.165) is 31.2 Å². The van der Waals surface area contributed by atoms with Crippen molar-refractivity contribution in [2.75, 3.05) is 48.0 Å². The molecular formula is C15H35NO6S. The molecule has 1 N–H and O–H groups in total. The molecule has 0 fully saturated rings. The van der Waals surface area contributed by atoms with Crippen molar-refractivity contribution in [3.63, 3.8) is 0 Å². The van der Waals surface area contributed by atoms with Crippen molar-refractivity contribution >= 4 is 10.4 Å². The van der Waals surface area contributed by atoms with Crippen molar-refractivity contribution in [1.82, 2.24) is 0 Å². The first-order chi connectivity index (χ1) is 10.5. The van der Waals surface area contributed by atoms with Crippen LogP contribution in [0.5, 0.6) is 0 Å². The lowest BCUT2D eigenvalue weighted by molar-refractivity contribution is -0.873. The minimum Gasteiger partial charge on any atom is -0.726 e. The summed E-state index contributed by atoms with van der Waals surface area (Å²) >= 11 is 0. The first-order valence-corrected chi connectivity index (χ1v) is 9.43. The molecule has 0 aliphatic heterocycles. The van der Waals surface area contributed by atoms with Crippen LogP contribution in [0.3, 0.4) is 0 Å². The van der Waals surface area contributed by atoms with E-state index in [-0.39, 0.29) is 6.10 Å². The van der Waals surface area contributed by atoms with Crippen LogP contribution in [-0.4, -0.2) is 76.7 Å². The number of hydrogen-bond acceptors (Lipinski definition) is 6. The van der Waals surface area contributed by atoms with E-state index >= 15 is 0 Å². The maximum Gasteiger partial charge on any atom is 0.217 e. The minimum absolute atomic E-state index is 0.338. The number of unbranched alkanes of at least 4 members (excludes halogenated alkanes) is 5. The van der Waals surface area contributed by atoms with Gasteiger partial charge >= 0.3 is 0 Å². The summed E-state index contributed by atoms with van der Waals surface area (Å²) in [4.78, 5) is 0. The number of ether oxygens (including phenoxy) is 1. The van der Waals surface area contributed by atoms with Crippen LogP contribution in [0.2, 0.25) is 0 Å². The number of hydrogen-bond donors (Lipinski definition) is 1. The molecule has 8 heteroatoms. The summed E-state index contributed by atoms with van der Waals surface area (Å²) < 4.78 is 37.3. The third kappa shape index (κ3) is 26.9. The standard InChI is InChI=1S/C14H32NO2.CH4O4S/c1-5-6-7-8-9-10-11-17-13-14(16)12-15(2,3)4;1-5-6(2,3)4/h14,16H,5-13H2,1-4H3;1H3,(H,2,3,4)/q+1;/p-1. The molecule has 0 aromatic rings. The molecule has 0 aromatic heterocycles. The summed E-state index contributed by atoms with van der Waals surface area (Å²) in [5.74, 6) is 0. The van der Waals surface area contributed by atoms with Gasteiger partial charge in [-0.05, 0) is 6.42 Å². The Morgan fingerprint density at radius 1 is 1.09 bits per heavy atom. The molecule has 0 heterocycles. The highest BCUT2D eigenvalue weighted by molar-refractivity contribution is 7.80. The van der Waals surface area contributed by atoms with Crippen LogP contribution < -0.4 is 0 Å². The largest absolute Gasteiger partial charge is 0.726 e.